The Balaban J connectivity index is 2.47. The summed E-state index contributed by atoms with van der Waals surface area (Å²) in [4.78, 5) is 17.7. The highest BCUT2D eigenvalue weighted by atomic mass is 16.2. The zero-order valence-corrected chi connectivity index (χ0v) is 6.95. The molecule has 1 aromatic heterocycles. The number of hydrogen-bond donors (Lipinski definition) is 3. The van der Waals surface area contributed by atoms with Gasteiger partial charge in [-0.1, -0.05) is 0 Å². The number of anilines is 1. The molecule has 0 saturated carbocycles. The summed E-state index contributed by atoms with van der Waals surface area (Å²) in [7, 11) is 0. The van der Waals surface area contributed by atoms with Crippen molar-refractivity contribution in [2.45, 2.75) is 12.5 Å². The first-order valence-electron chi connectivity index (χ1n) is 3.73. The number of rotatable bonds is 3. The lowest BCUT2D eigenvalue weighted by Crippen LogP contribution is -2.35. The van der Waals surface area contributed by atoms with Crippen molar-refractivity contribution in [3.05, 3.63) is 12.4 Å². The maximum atomic E-state index is 11.2. The molecule has 1 rings (SSSR count). The van der Waals surface area contributed by atoms with E-state index in [4.69, 9.17) is 12.2 Å². The predicted molar refractivity (Wildman–Crippen MR) is 48.6 cm³/mol. The van der Waals surface area contributed by atoms with Crippen LogP contribution in [0.25, 0.3) is 0 Å². The van der Waals surface area contributed by atoms with Crippen molar-refractivity contribution in [1.29, 1.82) is 0 Å². The summed E-state index contributed by atoms with van der Waals surface area (Å²) in [6.07, 6.45) is 8.35. The summed E-state index contributed by atoms with van der Waals surface area (Å²) in [6, 6.07) is -0.685. The standard InChI is InChI=1S/C8H10N4O/c1-2-3-6(9)7(13)12-8-10-4-5-11-8/h1,4-6H,3,9H2,(H2,10,11,12,13). The first kappa shape index (κ1) is 9.29. The molecule has 0 aromatic carbocycles. The fraction of sp³-hybridized carbons (Fsp3) is 0.250. The number of imidazole rings is 1. The SMILES string of the molecule is C#CCC(N)C(=O)Nc1ncc[nH]1. The first-order chi connectivity index (χ1) is 6.24. The number of nitrogens with one attached hydrogen (secondary N) is 2. The summed E-state index contributed by atoms with van der Waals surface area (Å²) < 4.78 is 0. The van der Waals surface area contributed by atoms with E-state index < -0.39 is 6.04 Å². The van der Waals surface area contributed by atoms with Gasteiger partial charge in [0.2, 0.25) is 11.9 Å². The lowest BCUT2D eigenvalue weighted by molar-refractivity contribution is -0.117. The molecule has 1 unspecified atom stereocenters. The smallest absolute Gasteiger partial charge is 0.244 e. The number of H-pyrrole nitrogens is 1. The van der Waals surface area contributed by atoms with Crippen molar-refractivity contribution in [2.75, 3.05) is 5.32 Å². The molecule has 1 amide bonds. The van der Waals surface area contributed by atoms with Gasteiger partial charge < -0.3 is 10.7 Å². The van der Waals surface area contributed by atoms with Gasteiger partial charge >= 0.3 is 0 Å². The second kappa shape index (κ2) is 4.28. The monoisotopic (exact) mass is 178 g/mol. The Morgan fingerprint density at radius 1 is 1.92 bits per heavy atom. The van der Waals surface area contributed by atoms with E-state index in [0.29, 0.717) is 5.95 Å². The normalized spacial score (nSPS) is 11.7. The largest absolute Gasteiger partial charge is 0.331 e. The van der Waals surface area contributed by atoms with Gasteiger partial charge in [-0.2, -0.15) is 0 Å². The van der Waals surface area contributed by atoms with Crippen molar-refractivity contribution >= 4 is 11.9 Å². The summed E-state index contributed by atoms with van der Waals surface area (Å²) in [5, 5.41) is 2.48. The van der Waals surface area contributed by atoms with Crippen LogP contribution in [0, 0.1) is 12.3 Å². The van der Waals surface area contributed by atoms with E-state index in [0.717, 1.165) is 0 Å². The zero-order chi connectivity index (χ0) is 9.68. The van der Waals surface area contributed by atoms with Crippen molar-refractivity contribution in [2.24, 2.45) is 5.73 Å². The predicted octanol–water partition coefficient (Wildman–Crippen LogP) is -0.301. The van der Waals surface area contributed by atoms with Crippen LogP contribution in [-0.4, -0.2) is 21.9 Å². The van der Waals surface area contributed by atoms with E-state index in [1.165, 1.54) is 6.20 Å². The Hall–Kier alpha value is -1.80. The van der Waals surface area contributed by atoms with Crippen LogP contribution in [0.15, 0.2) is 12.4 Å². The molecule has 5 heteroatoms. The number of hydrogen-bond acceptors (Lipinski definition) is 3. The maximum absolute atomic E-state index is 11.2. The second-order valence-electron chi connectivity index (χ2n) is 2.44. The molecule has 0 saturated heterocycles. The highest BCUT2D eigenvalue weighted by molar-refractivity contribution is 5.93. The molecule has 0 aliphatic rings. The van der Waals surface area contributed by atoms with E-state index in [2.05, 4.69) is 21.2 Å². The molecule has 5 nitrogen and oxygen atoms in total. The topological polar surface area (TPSA) is 83.8 Å². The average Bonchev–Trinajstić information content (AvgIpc) is 2.57. The molecule has 13 heavy (non-hydrogen) atoms. The van der Waals surface area contributed by atoms with Gasteiger partial charge in [0.15, 0.2) is 0 Å². The lowest BCUT2D eigenvalue weighted by atomic mass is 10.2. The number of aromatic nitrogens is 2. The number of nitrogens with zero attached hydrogens (tertiary/aromatic N) is 1. The molecule has 0 bridgehead atoms. The minimum absolute atomic E-state index is 0.215. The minimum atomic E-state index is -0.685. The van der Waals surface area contributed by atoms with Crippen molar-refractivity contribution in [3.63, 3.8) is 0 Å². The molecule has 4 N–H and O–H groups in total. The Labute approximate surface area is 75.7 Å². The number of nitrogens with two attached hydrogens (primary N) is 1. The van der Waals surface area contributed by atoms with Crippen molar-refractivity contribution in [1.82, 2.24) is 9.97 Å². The number of carbonyl (C=O) groups excluding carboxylic acids is 1. The molecule has 1 heterocycles. The van der Waals surface area contributed by atoms with Crippen LogP contribution in [0.4, 0.5) is 5.95 Å². The quantitative estimate of drug-likeness (QED) is 0.555. The van der Waals surface area contributed by atoms with Crippen molar-refractivity contribution in [3.8, 4) is 12.3 Å². The summed E-state index contributed by atoms with van der Waals surface area (Å²) >= 11 is 0. The van der Waals surface area contributed by atoms with Crippen LogP contribution < -0.4 is 11.1 Å². The highest BCUT2D eigenvalue weighted by Crippen LogP contribution is 1.97. The highest BCUT2D eigenvalue weighted by Gasteiger charge is 2.12. The average molecular weight is 178 g/mol. The zero-order valence-electron chi connectivity index (χ0n) is 6.95. The minimum Gasteiger partial charge on any atom is -0.331 e. The van der Waals surface area contributed by atoms with Gasteiger partial charge in [-0.3, -0.25) is 10.1 Å². The van der Waals surface area contributed by atoms with E-state index >= 15 is 0 Å². The molecule has 1 aromatic rings. The van der Waals surface area contributed by atoms with E-state index in [-0.39, 0.29) is 12.3 Å². The third-order valence-corrected chi connectivity index (χ3v) is 1.41. The third kappa shape index (κ3) is 2.61. The van der Waals surface area contributed by atoms with E-state index in [9.17, 15) is 4.79 Å². The molecular weight excluding hydrogens is 168 g/mol. The van der Waals surface area contributed by atoms with Crippen LogP contribution in [0.3, 0.4) is 0 Å². The Kier molecular flexibility index (Phi) is 3.06. The van der Waals surface area contributed by atoms with Crippen LogP contribution in [0.2, 0.25) is 0 Å². The molecule has 0 aliphatic carbocycles. The molecule has 1 atom stereocenters. The van der Waals surface area contributed by atoms with Gasteiger partial charge in [0.05, 0.1) is 6.04 Å². The Bertz CT molecular complexity index is 311. The van der Waals surface area contributed by atoms with Crippen LogP contribution >= 0.6 is 0 Å². The fourth-order valence-electron chi connectivity index (χ4n) is 0.763. The van der Waals surface area contributed by atoms with Gasteiger partial charge in [-0.15, -0.1) is 12.3 Å². The molecule has 0 fully saturated rings. The van der Waals surface area contributed by atoms with Gasteiger partial charge in [-0.05, 0) is 0 Å². The second-order valence-corrected chi connectivity index (χ2v) is 2.44. The van der Waals surface area contributed by atoms with E-state index in [1.54, 1.807) is 6.20 Å². The van der Waals surface area contributed by atoms with Crippen molar-refractivity contribution < 1.29 is 4.79 Å². The maximum Gasteiger partial charge on any atom is 0.244 e. The first-order valence-corrected chi connectivity index (χ1v) is 3.73. The Morgan fingerprint density at radius 2 is 2.69 bits per heavy atom. The van der Waals surface area contributed by atoms with Crippen LogP contribution in [-0.2, 0) is 4.79 Å². The van der Waals surface area contributed by atoms with Crippen LogP contribution in [0.1, 0.15) is 6.42 Å². The van der Waals surface area contributed by atoms with Gasteiger partial charge in [-0.25, -0.2) is 4.98 Å². The summed E-state index contributed by atoms with van der Waals surface area (Å²) in [5.41, 5.74) is 5.45. The number of aromatic amines is 1. The number of carbonyl (C=O) groups is 1. The summed E-state index contributed by atoms with van der Waals surface area (Å²) in [5.74, 6) is 2.34. The Morgan fingerprint density at radius 3 is 3.23 bits per heavy atom. The molecule has 0 aliphatic heterocycles. The number of terminal acetylenes is 1. The molecule has 68 valence electrons. The molecule has 0 radical (unpaired) electrons. The van der Waals surface area contributed by atoms with Gasteiger partial charge in [0.25, 0.3) is 0 Å². The third-order valence-electron chi connectivity index (χ3n) is 1.41. The van der Waals surface area contributed by atoms with Gasteiger partial charge in [0, 0.05) is 18.8 Å². The number of amides is 1. The molecular formula is C8H10N4O. The van der Waals surface area contributed by atoms with Gasteiger partial charge in [0.1, 0.15) is 0 Å². The fourth-order valence-corrected chi connectivity index (χ4v) is 0.763. The van der Waals surface area contributed by atoms with E-state index in [1.807, 2.05) is 0 Å². The summed E-state index contributed by atoms with van der Waals surface area (Å²) in [6.45, 7) is 0. The lowest BCUT2D eigenvalue weighted by Gasteiger charge is -2.06. The van der Waals surface area contributed by atoms with Crippen LogP contribution in [0.5, 0.6) is 0 Å². The molecule has 0 spiro atoms.